The summed E-state index contributed by atoms with van der Waals surface area (Å²) in [6.45, 7) is 0.808. The second-order valence-corrected chi connectivity index (χ2v) is 11.6. The number of hydrogen-bond donors (Lipinski definition) is 5. The number of ether oxygens (including phenoxy) is 4. The predicted octanol–water partition coefficient (Wildman–Crippen LogP) is 3.23. The van der Waals surface area contributed by atoms with Crippen molar-refractivity contribution >= 4 is 23.8 Å². The van der Waals surface area contributed by atoms with Crippen LogP contribution in [0.25, 0.3) is 6.08 Å². The van der Waals surface area contributed by atoms with Crippen LogP contribution in [0, 0.1) is 0 Å². The van der Waals surface area contributed by atoms with E-state index in [0.717, 1.165) is 31.3 Å². The van der Waals surface area contributed by atoms with Crippen LogP contribution in [0.5, 0.6) is 11.5 Å². The third kappa shape index (κ3) is 10.5. The van der Waals surface area contributed by atoms with Crippen molar-refractivity contribution in [2.24, 2.45) is 22.9 Å². The molecule has 0 aromatic heterocycles. The Labute approximate surface area is 282 Å². The van der Waals surface area contributed by atoms with Crippen LogP contribution in [0.1, 0.15) is 69.8 Å². The normalized spacial score (nSPS) is 18.9. The lowest BCUT2D eigenvalue weighted by Gasteiger charge is -2.26. The van der Waals surface area contributed by atoms with E-state index in [4.69, 9.17) is 41.9 Å². The van der Waals surface area contributed by atoms with Crippen LogP contribution in [-0.2, 0) is 23.9 Å². The van der Waals surface area contributed by atoms with Gasteiger partial charge in [-0.25, -0.2) is 9.59 Å². The number of nitrogens with two attached hydrogens (primary N) is 4. The highest BCUT2D eigenvalue weighted by molar-refractivity contribution is 6.12. The van der Waals surface area contributed by atoms with Gasteiger partial charge in [-0.2, -0.15) is 0 Å². The summed E-state index contributed by atoms with van der Waals surface area (Å²) in [5.74, 6) is -0.219. The number of Topliss-reactive ketones (excluding diaryl/α,β-unsaturated/α-hetero) is 1. The fourth-order valence-corrected chi connectivity index (χ4v) is 5.58. The summed E-state index contributed by atoms with van der Waals surface area (Å²) in [6.07, 6.45) is 12.7. The molecule has 0 bridgehead atoms. The van der Waals surface area contributed by atoms with E-state index in [0.29, 0.717) is 79.6 Å². The molecule has 0 saturated heterocycles. The zero-order valence-corrected chi connectivity index (χ0v) is 28.0. The Morgan fingerprint density at radius 1 is 0.896 bits per heavy atom. The van der Waals surface area contributed by atoms with E-state index in [1.54, 1.807) is 36.4 Å². The minimum atomic E-state index is -0.817. The smallest absolute Gasteiger partial charge is 0.328 e. The number of benzene rings is 1. The van der Waals surface area contributed by atoms with Gasteiger partial charge in [-0.05, 0) is 99.9 Å². The molecule has 0 heterocycles. The molecular formula is C36H50N4O8. The Morgan fingerprint density at radius 3 is 2.17 bits per heavy atom. The first-order valence-corrected chi connectivity index (χ1v) is 16.5. The molecule has 1 fully saturated rings. The van der Waals surface area contributed by atoms with E-state index in [2.05, 4.69) is 0 Å². The van der Waals surface area contributed by atoms with Crippen LogP contribution < -0.4 is 32.4 Å². The average molecular weight is 667 g/mol. The highest BCUT2D eigenvalue weighted by Crippen LogP contribution is 2.39. The van der Waals surface area contributed by atoms with Crippen molar-refractivity contribution in [3.63, 3.8) is 0 Å². The molecule has 12 nitrogen and oxygen atoms in total. The largest absolute Gasteiger partial charge is 0.493 e. The van der Waals surface area contributed by atoms with Gasteiger partial charge in [-0.1, -0.05) is 31.1 Å². The topological polar surface area (TPSA) is 212 Å². The molecule has 0 radical (unpaired) electrons. The summed E-state index contributed by atoms with van der Waals surface area (Å²) in [4.78, 5) is 39.2. The molecule has 12 heteroatoms. The van der Waals surface area contributed by atoms with Crippen molar-refractivity contribution in [1.82, 2.24) is 0 Å². The van der Waals surface area contributed by atoms with Crippen molar-refractivity contribution in [3.8, 4) is 11.5 Å². The molecule has 0 aliphatic heterocycles. The number of methoxy groups -OCH3 is 2. The summed E-state index contributed by atoms with van der Waals surface area (Å²) < 4.78 is 22.4. The maximum atomic E-state index is 14.0. The van der Waals surface area contributed by atoms with Gasteiger partial charge in [0.1, 0.15) is 12.1 Å². The Kier molecular flexibility index (Phi) is 15.7. The van der Waals surface area contributed by atoms with Crippen molar-refractivity contribution in [2.45, 2.75) is 76.3 Å². The molecule has 0 spiro atoms. The minimum Gasteiger partial charge on any atom is -0.493 e. The maximum absolute atomic E-state index is 14.0. The van der Waals surface area contributed by atoms with Crippen LogP contribution >= 0.6 is 0 Å². The van der Waals surface area contributed by atoms with E-state index < -0.39 is 24.0 Å². The lowest BCUT2D eigenvalue weighted by molar-refractivity contribution is -0.141. The summed E-state index contributed by atoms with van der Waals surface area (Å²) >= 11 is 0. The summed E-state index contributed by atoms with van der Waals surface area (Å²) in [5.41, 5.74) is 26.3. The minimum absolute atomic E-state index is 0.115. The van der Waals surface area contributed by atoms with Gasteiger partial charge in [0.25, 0.3) is 0 Å². The average Bonchev–Trinajstić information content (AvgIpc) is 3.08. The number of ketones is 1. The van der Waals surface area contributed by atoms with E-state index >= 15 is 0 Å². The van der Waals surface area contributed by atoms with Crippen molar-refractivity contribution in [2.75, 3.05) is 33.9 Å². The lowest BCUT2D eigenvalue weighted by atomic mass is 9.80. The molecule has 2 aliphatic rings. The Balaban J connectivity index is 1.88. The number of aliphatic hydroxyl groups excluding tert-OH is 1. The van der Waals surface area contributed by atoms with E-state index in [1.165, 1.54) is 20.3 Å². The molecule has 2 atom stereocenters. The SMILES string of the molecule is COC1=C(/C=C/CO)/C(=C2/CCC/C(=C\c3ccc(OC(=O)C(N)CCCCN)c(OC)c3)C2=O)CC=C1OC(=O)C(N)CCCCN. The quantitative estimate of drug-likeness (QED) is 0.0702. The van der Waals surface area contributed by atoms with Gasteiger partial charge in [-0.15, -0.1) is 0 Å². The number of aliphatic hydroxyl groups is 1. The van der Waals surface area contributed by atoms with Crippen molar-refractivity contribution in [1.29, 1.82) is 0 Å². The van der Waals surface area contributed by atoms with Crippen LogP contribution in [0.3, 0.4) is 0 Å². The molecule has 1 saturated carbocycles. The molecule has 3 rings (SSSR count). The van der Waals surface area contributed by atoms with Crippen LogP contribution in [0.2, 0.25) is 0 Å². The van der Waals surface area contributed by atoms with Gasteiger partial charge in [-0.3, -0.25) is 4.79 Å². The highest BCUT2D eigenvalue weighted by atomic mass is 16.6. The summed E-state index contributed by atoms with van der Waals surface area (Å²) in [6, 6.07) is 3.47. The molecular weight excluding hydrogens is 616 g/mol. The second kappa shape index (κ2) is 19.7. The number of unbranched alkanes of at least 4 members (excludes halogenated alkanes) is 2. The second-order valence-electron chi connectivity index (χ2n) is 11.6. The molecule has 2 aliphatic carbocycles. The van der Waals surface area contributed by atoms with Crippen LogP contribution in [0.15, 0.2) is 70.2 Å². The molecule has 262 valence electrons. The zero-order chi connectivity index (χ0) is 35.1. The monoisotopic (exact) mass is 666 g/mol. The Bertz CT molecular complexity index is 1460. The lowest BCUT2D eigenvalue weighted by Crippen LogP contribution is -2.34. The molecule has 48 heavy (non-hydrogen) atoms. The first-order valence-electron chi connectivity index (χ1n) is 16.5. The number of hydrogen-bond acceptors (Lipinski definition) is 12. The number of esters is 2. The molecule has 1 aromatic carbocycles. The molecule has 2 unspecified atom stereocenters. The molecule has 9 N–H and O–H groups in total. The van der Waals surface area contributed by atoms with E-state index in [1.807, 2.05) is 0 Å². The van der Waals surface area contributed by atoms with Gasteiger partial charge < -0.3 is 47.0 Å². The fourth-order valence-electron chi connectivity index (χ4n) is 5.58. The molecule has 1 aromatic rings. The van der Waals surface area contributed by atoms with Gasteiger partial charge >= 0.3 is 11.9 Å². The van der Waals surface area contributed by atoms with Crippen LogP contribution in [0.4, 0.5) is 0 Å². The number of rotatable bonds is 17. The summed E-state index contributed by atoms with van der Waals surface area (Å²) in [5, 5.41) is 9.56. The number of carbonyl (C=O) groups excluding carboxylic acids is 3. The third-order valence-electron chi connectivity index (χ3n) is 8.18. The van der Waals surface area contributed by atoms with Crippen molar-refractivity contribution < 1.29 is 38.4 Å². The van der Waals surface area contributed by atoms with Crippen molar-refractivity contribution in [3.05, 3.63) is 75.8 Å². The van der Waals surface area contributed by atoms with Gasteiger partial charge in [0.2, 0.25) is 0 Å². The van der Waals surface area contributed by atoms with Gasteiger partial charge in [0, 0.05) is 16.7 Å². The third-order valence-corrected chi connectivity index (χ3v) is 8.18. The van der Waals surface area contributed by atoms with Gasteiger partial charge in [0.05, 0.1) is 20.8 Å². The first-order chi connectivity index (χ1) is 23.2. The standard InChI is InChI=1S/C36H50N4O8/c1-45-32-22-23(14-16-30(32)47-35(43)28(39)12-3-5-18-37)21-24-9-7-10-26(33(24)42)25-15-17-31(34(46-2)27(25)11-8-20-41)48-36(44)29(40)13-4-6-19-38/h8,11,14,16-17,21-22,28-29,41H,3-7,9-10,12-13,15,18-20,37-40H2,1-2H3/b11-8+,24-21+,26-25-. The number of allylic oxidation sites excluding steroid dienone is 6. The molecule has 0 amide bonds. The zero-order valence-electron chi connectivity index (χ0n) is 28.0. The predicted molar refractivity (Wildman–Crippen MR) is 183 cm³/mol. The van der Waals surface area contributed by atoms with Crippen LogP contribution in [-0.4, -0.2) is 68.8 Å². The number of carbonyl (C=O) groups is 3. The van der Waals surface area contributed by atoms with E-state index in [9.17, 15) is 19.5 Å². The Morgan fingerprint density at radius 2 is 1.56 bits per heavy atom. The highest BCUT2D eigenvalue weighted by Gasteiger charge is 2.30. The van der Waals surface area contributed by atoms with Gasteiger partial charge in [0.15, 0.2) is 28.8 Å². The van der Waals surface area contributed by atoms with E-state index in [-0.39, 0.29) is 29.7 Å². The maximum Gasteiger partial charge on any atom is 0.328 e. The first kappa shape index (κ1) is 38.4. The fraction of sp³-hybridized carbons (Fsp3) is 0.472. The summed E-state index contributed by atoms with van der Waals surface area (Å²) in [7, 11) is 2.93. The Hall–Kier alpha value is -4.07.